The summed E-state index contributed by atoms with van der Waals surface area (Å²) in [4.78, 5) is 21.9. The summed E-state index contributed by atoms with van der Waals surface area (Å²) in [5, 5.41) is 3.71. The lowest BCUT2D eigenvalue weighted by Gasteiger charge is -2.44. The molecule has 0 saturated carbocycles. The van der Waals surface area contributed by atoms with Gasteiger partial charge in [0.1, 0.15) is 17.2 Å². The molecule has 0 bridgehead atoms. The largest absolute Gasteiger partial charge is 0.433 e. The van der Waals surface area contributed by atoms with Crippen molar-refractivity contribution in [3.05, 3.63) is 107 Å². The summed E-state index contributed by atoms with van der Waals surface area (Å²) in [5.74, 6) is -0.813. The summed E-state index contributed by atoms with van der Waals surface area (Å²) in [6.07, 6.45) is 0.243. The van der Waals surface area contributed by atoms with E-state index in [1.165, 1.54) is 18.3 Å². The summed E-state index contributed by atoms with van der Waals surface area (Å²) in [6, 6.07) is 11.8. The summed E-state index contributed by atoms with van der Waals surface area (Å²) in [7, 11) is -4.51. The van der Waals surface area contributed by atoms with Crippen LogP contribution < -0.4 is 0 Å². The normalized spacial score (nSPS) is 19.1. The Kier molecular flexibility index (Phi) is 6.61. The Balaban J connectivity index is 1.45. The number of fused-ring (bicyclic) bond motifs is 2. The number of aromatic nitrogens is 4. The molecule has 1 aromatic carbocycles. The van der Waals surface area contributed by atoms with Crippen molar-refractivity contribution in [3.63, 3.8) is 0 Å². The van der Waals surface area contributed by atoms with Crippen LogP contribution in [0.4, 0.5) is 17.6 Å². The second kappa shape index (κ2) is 9.95. The van der Waals surface area contributed by atoms with E-state index < -0.39 is 43.9 Å². The minimum atomic E-state index is -4.83. The number of nitrogens with zero attached hydrogens (tertiary/aromatic N) is 5. The van der Waals surface area contributed by atoms with Crippen LogP contribution in [0.2, 0.25) is 0 Å². The zero-order valence-electron chi connectivity index (χ0n) is 22.1. The van der Waals surface area contributed by atoms with E-state index in [0.29, 0.717) is 28.6 Å². The molecule has 0 radical (unpaired) electrons. The maximum absolute atomic E-state index is 14.3. The maximum Gasteiger partial charge on any atom is 0.433 e. The Morgan fingerprint density at radius 1 is 1.07 bits per heavy atom. The summed E-state index contributed by atoms with van der Waals surface area (Å²) >= 11 is 0. The van der Waals surface area contributed by atoms with Crippen molar-refractivity contribution < 1.29 is 30.8 Å². The molecule has 0 amide bonds. The van der Waals surface area contributed by atoms with Crippen LogP contribution >= 0.6 is 0 Å². The first-order valence-electron chi connectivity index (χ1n) is 12.9. The van der Waals surface area contributed by atoms with Gasteiger partial charge in [-0.15, -0.1) is 0 Å². The molecule has 8 nitrogen and oxygen atoms in total. The van der Waals surface area contributed by atoms with E-state index in [2.05, 4.69) is 15.1 Å². The summed E-state index contributed by atoms with van der Waals surface area (Å²) < 4.78 is 83.5. The number of hydrogen-bond donors (Lipinski definition) is 0. The number of aryl methyl sites for hydroxylation is 1. The van der Waals surface area contributed by atoms with Crippen LogP contribution in [0.25, 0.3) is 11.8 Å². The molecule has 0 N–H and O–H groups in total. The smallest absolute Gasteiger partial charge is 0.291 e. The van der Waals surface area contributed by atoms with Gasteiger partial charge in [0.25, 0.3) is 10.0 Å². The predicted molar refractivity (Wildman–Crippen MR) is 144 cm³/mol. The van der Waals surface area contributed by atoms with E-state index in [1.54, 1.807) is 48.1 Å². The lowest BCUT2D eigenvalue weighted by molar-refractivity contribution is -0.141. The van der Waals surface area contributed by atoms with Crippen LogP contribution in [0.1, 0.15) is 39.4 Å². The zero-order chi connectivity index (χ0) is 29.9. The van der Waals surface area contributed by atoms with Gasteiger partial charge in [0, 0.05) is 19.3 Å². The van der Waals surface area contributed by atoms with Crippen LogP contribution in [0.15, 0.2) is 77.6 Å². The minimum absolute atomic E-state index is 0.0753. The molecule has 42 heavy (non-hydrogen) atoms. The number of carbonyl (C=O) groups excluding carboxylic acids is 1. The molecule has 0 spiro atoms. The van der Waals surface area contributed by atoms with Crippen molar-refractivity contribution in [3.8, 4) is 5.69 Å². The highest BCUT2D eigenvalue weighted by atomic mass is 32.2. The lowest BCUT2D eigenvalue weighted by Crippen LogP contribution is -2.53. The van der Waals surface area contributed by atoms with Gasteiger partial charge in [0.05, 0.1) is 23.0 Å². The molecule has 2 aliphatic rings. The van der Waals surface area contributed by atoms with Gasteiger partial charge in [0.2, 0.25) is 0 Å². The Bertz CT molecular complexity index is 1850. The van der Waals surface area contributed by atoms with E-state index in [1.807, 2.05) is 0 Å². The van der Waals surface area contributed by atoms with Crippen molar-refractivity contribution in [2.45, 2.75) is 31.0 Å². The number of benzene rings is 1. The van der Waals surface area contributed by atoms with E-state index in [-0.39, 0.29) is 31.6 Å². The van der Waals surface area contributed by atoms with Gasteiger partial charge in [-0.3, -0.25) is 9.78 Å². The monoisotopic (exact) mass is 597 g/mol. The average Bonchev–Trinajstić information content (AvgIpc) is 3.37. The number of alkyl halides is 3. The number of pyridine rings is 2. The third-order valence-corrected chi connectivity index (χ3v) is 9.40. The Labute approximate surface area is 238 Å². The SMILES string of the molecule is Cc1ccnc(C(=O)C23Cc4cnn(-c5ccc(F)cc5)c4C=C2CCN(S(=O)(=O)c2cccc(C(F)(F)F)n2)C3)c1. The number of ketones is 1. The lowest BCUT2D eigenvalue weighted by atomic mass is 9.65. The summed E-state index contributed by atoms with van der Waals surface area (Å²) in [5.41, 5.74) is 0.785. The highest BCUT2D eigenvalue weighted by Crippen LogP contribution is 2.47. The first-order chi connectivity index (χ1) is 19.9. The van der Waals surface area contributed by atoms with Crippen LogP contribution in [0.5, 0.6) is 0 Å². The molecule has 4 heterocycles. The van der Waals surface area contributed by atoms with Crippen molar-refractivity contribution >= 4 is 21.9 Å². The molecule has 6 rings (SSSR count). The van der Waals surface area contributed by atoms with Gasteiger partial charge in [-0.1, -0.05) is 11.6 Å². The fourth-order valence-electron chi connectivity index (χ4n) is 5.56. The molecule has 1 fully saturated rings. The van der Waals surface area contributed by atoms with Crippen LogP contribution in [0.3, 0.4) is 0 Å². The molecule has 1 aliphatic carbocycles. The van der Waals surface area contributed by atoms with Gasteiger partial charge in [-0.25, -0.2) is 22.5 Å². The second-order valence-electron chi connectivity index (χ2n) is 10.4. The fraction of sp³-hybridized carbons (Fsp3) is 0.241. The average molecular weight is 598 g/mol. The van der Waals surface area contributed by atoms with Crippen LogP contribution in [0, 0.1) is 18.2 Å². The quantitative estimate of drug-likeness (QED) is 0.237. The third kappa shape index (κ3) is 4.71. The van der Waals surface area contributed by atoms with Crippen LogP contribution in [-0.2, 0) is 22.6 Å². The van der Waals surface area contributed by atoms with Gasteiger partial charge in [0.15, 0.2) is 10.8 Å². The van der Waals surface area contributed by atoms with Crippen LogP contribution in [-0.4, -0.2) is 51.3 Å². The molecular weight excluding hydrogens is 574 g/mol. The van der Waals surface area contributed by atoms with Gasteiger partial charge >= 0.3 is 6.18 Å². The Hall–Kier alpha value is -4.23. The Morgan fingerprint density at radius 2 is 1.83 bits per heavy atom. The number of rotatable bonds is 5. The van der Waals surface area contributed by atoms with Gasteiger partial charge < -0.3 is 0 Å². The van der Waals surface area contributed by atoms with Crippen molar-refractivity contribution in [2.24, 2.45) is 5.41 Å². The van der Waals surface area contributed by atoms with Crippen molar-refractivity contribution in [1.29, 1.82) is 0 Å². The molecule has 1 aliphatic heterocycles. The number of hydrogen-bond acceptors (Lipinski definition) is 6. The number of carbonyl (C=O) groups is 1. The number of piperidine rings is 1. The molecular formula is C29H23F4N5O3S. The second-order valence-corrected chi connectivity index (χ2v) is 12.3. The van der Waals surface area contributed by atoms with E-state index in [4.69, 9.17) is 0 Å². The number of Topliss-reactive ketones (excluding diaryl/α,β-unsaturated/α-hetero) is 1. The molecule has 3 aromatic heterocycles. The molecule has 13 heteroatoms. The van der Waals surface area contributed by atoms with Gasteiger partial charge in [-0.05, 0) is 85.5 Å². The highest BCUT2D eigenvalue weighted by molar-refractivity contribution is 7.89. The molecule has 1 saturated heterocycles. The molecule has 216 valence electrons. The predicted octanol–water partition coefficient (Wildman–Crippen LogP) is 5.03. The molecule has 4 aromatic rings. The molecule has 1 unspecified atom stereocenters. The number of halogens is 4. The maximum atomic E-state index is 14.3. The highest BCUT2D eigenvalue weighted by Gasteiger charge is 2.51. The molecule has 1 atom stereocenters. The first-order valence-corrected chi connectivity index (χ1v) is 14.4. The minimum Gasteiger partial charge on any atom is -0.291 e. The standard InChI is InChI=1S/C29H23F4N5O3S/c1-18-9-11-34-23(13-18)27(39)28-15-19-16-35-38(22-7-5-21(30)6-8-22)24(19)14-20(28)10-12-37(17-28)42(40,41)26-4-2-3-25(36-26)29(31,32)33/h2-9,11,13-14,16H,10,12,15,17H2,1H3. The fourth-order valence-corrected chi connectivity index (χ4v) is 7.01. The van der Waals surface area contributed by atoms with Crippen molar-refractivity contribution in [1.82, 2.24) is 24.1 Å². The topological polar surface area (TPSA) is 98.0 Å². The van der Waals surface area contributed by atoms with E-state index in [9.17, 15) is 30.8 Å². The van der Waals surface area contributed by atoms with E-state index >= 15 is 0 Å². The number of sulfonamides is 1. The van der Waals surface area contributed by atoms with E-state index in [0.717, 1.165) is 22.0 Å². The zero-order valence-corrected chi connectivity index (χ0v) is 23.0. The van der Waals surface area contributed by atoms with Gasteiger partial charge in [-0.2, -0.15) is 22.6 Å². The third-order valence-electron chi connectivity index (χ3n) is 7.65. The van der Waals surface area contributed by atoms with Crippen molar-refractivity contribution in [2.75, 3.05) is 13.1 Å². The first kappa shape index (κ1) is 27.9. The summed E-state index contributed by atoms with van der Waals surface area (Å²) in [6.45, 7) is 1.40. The Morgan fingerprint density at radius 3 is 2.55 bits per heavy atom.